The largest absolute Gasteiger partial charge is 0.359 e. The van der Waals surface area contributed by atoms with Crippen LogP contribution in [0.1, 0.15) is 74.8 Å². The normalized spacial score (nSPS) is 25.5. The van der Waals surface area contributed by atoms with Gasteiger partial charge in [0.2, 0.25) is 5.91 Å². The first-order valence-electron chi connectivity index (χ1n) is 10.8. The molecule has 1 amide bonds. The number of piperidine rings is 1. The fourth-order valence-electron chi connectivity index (χ4n) is 5.92. The second kappa shape index (κ2) is 7.90. The minimum Gasteiger partial charge on any atom is -0.359 e. The highest BCUT2D eigenvalue weighted by Gasteiger charge is 2.46. The molecule has 0 bridgehead atoms. The Bertz CT molecular complexity index is 675. The lowest BCUT2D eigenvalue weighted by Gasteiger charge is -2.42. The minimum atomic E-state index is -0.140. The van der Waals surface area contributed by atoms with E-state index in [1.807, 2.05) is 6.07 Å². The standard InChI is InChI=1S/C23H33FN2O/c1-25-22(27)13-18-15-23(21-14-19(24)7-8-20(18)21)9-11-26(12-10-23)16-17-5-3-2-4-6-17/h7-8,14,17-18H,2-6,9-13,15-16H2,1H3,(H,25,27). The first-order valence-corrected chi connectivity index (χ1v) is 10.8. The van der Waals surface area contributed by atoms with Crippen LogP contribution < -0.4 is 5.32 Å². The molecule has 1 heterocycles. The molecule has 1 aromatic carbocycles. The summed E-state index contributed by atoms with van der Waals surface area (Å²) < 4.78 is 14.1. The van der Waals surface area contributed by atoms with Crippen LogP contribution in [0.4, 0.5) is 4.39 Å². The zero-order valence-electron chi connectivity index (χ0n) is 16.6. The van der Waals surface area contributed by atoms with Crippen molar-refractivity contribution >= 4 is 5.91 Å². The van der Waals surface area contributed by atoms with Crippen LogP contribution in [0, 0.1) is 11.7 Å². The maximum absolute atomic E-state index is 14.1. The van der Waals surface area contributed by atoms with Gasteiger partial charge in [-0.25, -0.2) is 4.39 Å². The molecule has 1 N–H and O–H groups in total. The highest BCUT2D eigenvalue weighted by atomic mass is 19.1. The fourth-order valence-corrected chi connectivity index (χ4v) is 5.92. The summed E-state index contributed by atoms with van der Waals surface area (Å²) in [6.07, 6.45) is 10.7. The molecule has 1 unspecified atom stereocenters. The lowest BCUT2D eigenvalue weighted by Crippen LogP contribution is -2.43. The first-order chi connectivity index (χ1) is 13.1. The molecular formula is C23H33FN2O. The van der Waals surface area contributed by atoms with E-state index in [9.17, 15) is 9.18 Å². The molecule has 1 saturated carbocycles. The van der Waals surface area contributed by atoms with Gasteiger partial charge in [-0.2, -0.15) is 0 Å². The van der Waals surface area contributed by atoms with E-state index in [1.54, 1.807) is 19.2 Å². The van der Waals surface area contributed by atoms with E-state index in [0.717, 1.165) is 38.3 Å². The van der Waals surface area contributed by atoms with E-state index in [0.29, 0.717) is 6.42 Å². The molecule has 1 saturated heterocycles. The SMILES string of the molecule is CNC(=O)CC1CC2(CCN(CC3CCCCC3)CC2)c2cc(F)ccc21. The summed E-state index contributed by atoms with van der Waals surface area (Å²) in [5, 5.41) is 2.76. The average molecular weight is 373 g/mol. The number of hydrogen-bond acceptors (Lipinski definition) is 2. The molecule has 2 fully saturated rings. The Hall–Kier alpha value is -1.42. The van der Waals surface area contributed by atoms with E-state index in [2.05, 4.69) is 10.2 Å². The van der Waals surface area contributed by atoms with Gasteiger partial charge in [-0.05, 0) is 85.7 Å². The molecule has 3 aliphatic rings. The molecule has 4 rings (SSSR count). The Morgan fingerprint density at radius 1 is 1.22 bits per heavy atom. The average Bonchev–Trinajstić information content (AvgIpc) is 2.97. The monoisotopic (exact) mass is 372 g/mol. The summed E-state index contributed by atoms with van der Waals surface area (Å²) in [5.41, 5.74) is 2.47. The van der Waals surface area contributed by atoms with Gasteiger partial charge in [0.05, 0.1) is 0 Å². The Balaban J connectivity index is 1.47. The van der Waals surface area contributed by atoms with E-state index in [1.165, 1.54) is 49.8 Å². The van der Waals surface area contributed by atoms with Crippen molar-refractivity contribution in [2.24, 2.45) is 5.92 Å². The molecule has 3 nitrogen and oxygen atoms in total. The summed E-state index contributed by atoms with van der Waals surface area (Å²) in [6, 6.07) is 5.25. The molecule has 1 aromatic rings. The van der Waals surface area contributed by atoms with Gasteiger partial charge in [-0.15, -0.1) is 0 Å². The second-order valence-corrected chi connectivity index (χ2v) is 9.09. The third kappa shape index (κ3) is 3.91. The lowest BCUT2D eigenvalue weighted by molar-refractivity contribution is -0.121. The van der Waals surface area contributed by atoms with Crippen molar-refractivity contribution in [3.8, 4) is 0 Å². The zero-order valence-corrected chi connectivity index (χ0v) is 16.6. The predicted octanol–water partition coefficient (Wildman–Crippen LogP) is 4.36. The van der Waals surface area contributed by atoms with Crippen LogP contribution in [-0.2, 0) is 10.2 Å². The van der Waals surface area contributed by atoms with Crippen LogP contribution in [0.25, 0.3) is 0 Å². The van der Waals surface area contributed by atoms with Crippen LogP contribution in [0.5, 0.6) is 0 Å². The molecule has 1 atom stereocenters. The van der Waals surface area contributed by atoms with Crippen molar-refractivity contribution in [2.75, 3.05) is 26.7 Å². The van der Waals surface area contributed by atoms with Gasteiger partial charge in [0.15, 0.2) is 0 Å². The molecule has 0 aromatic heterocycles. The summed E-state index contributed by atoms with van der Waals surface area (Å²) in [5.74, 6) is 1.05. The van der Waals surface area contributed by atoms with Crippen LogP contribution >= 0.6 is 0 Å². The third-order valence-electron chi connectivity index (χ3n) is 7.43. The highest BCUT2D eigenvalue weighted by Crippen LogP contribution is 2.53. The van der Waals surface area contributed by atoms with E-state index < -0.39 is 0 Å². The summed E-state index contributed by atoms with van der Waals surface area (Å²) in [6.45, 7) is 3.46. The Morgan fingerprint density at radius 3 is 2.67 bits per heavy atom. The van der Waals surface area contributed by atoms with Crippen molar-refractivity contribution < 1.29 is 9.18 Å². The van der Waals surface area contributed by atoms with Gasteiger partial charge < -0.3 is 10.2 Å². The molecule has 0 radical (unpaired) electrons. The van der Waals surface area contributed by atoms with Gasteiger partial charge in [0.25, 0.3) is 0 Å². The number of carbonyl (C=O) groups is 1. The molecule has 148 valence electrons. The van der Waals surface area contributed by atoms with E-state index in [-0.39, 0.29) is 23.1 Å². The van der Waals surface area contributed by atoms with Crippen molar-refractivity contribution in [2.45, 2.75) is 69.1 Å². The minimum absolute atomic E-state index is 0.0686. The number of amides is 1. The lowest BCUT2D eigenvalue weighted by atomic mass is 9.73. The number of fused-ring (bicyclic) bond motifs is 2. The third-order valence-corrected chi connectivity index (χ3v) is 7.43. The van der Waals surface area contributed by atoms with Gasteiger partial charge in [0, 0.05) is 20.0 Å². The molecule has 1 aliphatic heterocycles. The topological polar surface area (TPSA) is 32.3 Å². The number of nitrogens with zero attached hydrogens (tertiary/aromatic N) is 1. The molecule has 2 aliphatic carbocycles. The Labute approximate surface area is 162 Å². The summed E-state index contributed by atoms with van der Waals surface area (Å²) in [7, 11) is 1.70. The maximum atomic E-state index is 14.1. The van der Waals surface area contributed by atoms with Crippen molar-refractivity contribution in [3.05, 3.63) is 35.1 Å². The van der Waals surface area contributed by atoms with Gasteiger partial charge >= 0.3 is 0 Å². The maximum Gasteiger partial charge on any atom is 0.220 e. The molecule has 4 heteroatoms. The van der Waals surface area contributed by atoms with Crippen LogP contribution in [0.2, 0.25) is 0 Å². The van der Waals surface area contributed by atoms with Gasteiger partial charge in [-0.3, -0.25) is 4.79 Å². The van der Waals surface area contributed by atoms with Gasteiger partial charge in [0.1, 0.15) is 5.82 Å². The van der Waals surface area contributed by atoms with Crippen molar-refractivity contribution in [3.63, 3.8) is 0 Å². The number of benzene rings is 1. The Morgan fingerprint density at radius 2 is 1.96 bits per heavy atom. The van der Waals surface area contributed by atoms with Gasteiger partial charge in [-0.1, -0.05) is 25.3 Å². The fraction of sp³-hybridized carbons (Fsp3) is 0.696. The van der Waals surface area contributed by atoms with Crippen LogP contribution in [-0.4, -0.2) is 37.5 Å². The number of hydrogen-bond donors (Lipinski definition) is 1. The smallest absolute Gasteiger partial charge is 0.220 e. The van der Waals surface area contributed by atoms with E-state index in [4.69, 9.17) is 0 Å². The zero-order chi connectivity index (χ0) is 18.9. The summed E-state index contributed by atoms with van der Waals surface area (Å²) >= 11 is 0. The van der Waals surface area contributed by atoms with Crippen LogP contribution in [0.15, 0.2) is 18.2 Å². The van der Waals surface area contributed by atoms with Crippen LogP contribution in [0.3, 0.4) is 0 Å². The molecular weight excluding hydrogens is 339 g/mol. The number of rotatable bonds is 4. The molecule has 1 spiro atoms. The highest BCUT2D eigenvalue weighted by molar-refractivity contribution is 5.77. The van der Waals surface area contributed by atoms with E-state index >= 15 is 0 Å². The quantitative estimate of drug-likeness (QED) is 0.851. The van der Waals surface area contributed by atoms with Crippen molar-refractivity contribution in [1.29, 1.82) is 0 Å². The number of halogens is 1. The number of likely N-dealkylation sites (tertiary alicyclic amines) is 1. The molecule has 27 heavy (non-hydrogen) atoms. The number of nitrogens with one attached hydrogen (secondary N) is 1. The summed E-state index contributed by atoms with van der Waals surface area (Å²) in [4.78, 5) is 14.6. The Kier molecular flexibility index (Phi) is 5.54. The first kappa shape index (κ1) is 18.9. The predicted molar refractivity (Wildman–Crippen MR) is 106 cm³/mol. The number of carbonyl (C=O) groups excluding carboxylic acids is 1. The van der Waals surface area contributed by atoms with Crippen molar-refractivity contribution in [1.82, 2.24) is 10.2 Å². The second-order valence-electron chi connectivity index (χ2n) is 9.09.